The smallest absolute Gasteiger partial charge is 0.263 e. The molecule has 0 aliphatic carbocycles. The van der Waals surface area contributed by atoms with Crippen molar-refractivity contribution in [3.63, 3.8) is 0 Å². The van der Waals surface area contributed by atoms with Crippen LogP contribution in [0, 0.1) is 6.92 Å². The minimum atomic E-state index is -0.500. The standard InChI is InChI=1S/C23H31N5O2/c1-18-17-21(26-11-7-4-8-12-26)25-23(24-18)28-15-13-27(14-16-28)22(29)19(2)30-20-9-5-3-6-10-20/h3,5-6,9-10,17,19H,4,7-8,11-16H2,1-2H3. The number of piperazine rings is 1. The molecule has 2 aromatic rings. The highest BCUT2D eigenvalue weighted by Crippen LogP contribution is 2.22. The molecule has 160 valence electrons. The molecule has 0 bridgehead atoms. The third-order valence-electron chi connectivity index (χ3n) is 5.79. The van der Waals surface area contributed by atoms with Crippen molar-refractivity contribution in [1.82, 2.24) is 14.9 Å². The number of rotatable bonds is 5. The van der Waals surface area contributed by atoms with Gasteiger partial charge in [-0.25, -0.2) is 4.98 Å². The Morgan fingerprint density at radius 2 is 1.63 bits per heavy atom. The van der Waals surface area contributed by atoms with E-state index in [4.69, 9.17) is 9.72 Å². The van der Waals surface area contributed by atoms with Crippen LogP contribution in [-0.4, -0.2) is 66.1 Å². The highest BCUT2D eigenvalue weighted by molar-refractivity contribution is 5.81. The van der Waals surface area contributed by atoms with Gasteiger partial charge in [0.05, 0.1) is 0 Å². The maximum absolute atomic E-state index is 12.8. The van der Waals surface area contributed by atoms with Gasteiger partial charge >= 0.3 is 0 Å². The molecule has 30 heavy (non-hydrogen) atoms. The van der Waals surface area contributed by atoms with Crippen LogP contribution in [0.5, 0.6) is 5.75 Å². The van der Waals surface area contributed by atoms with E-state index < -0.39 is 6.10 Å². The van der Waals surface area contributed by atoms with Crippen LogP contribution in [0.25, 0.3) is 0 Å². The molecule has 2 saturated heterocycles. The van der Waals surface area contributed by atoms with Crippen molar-refractivity contribution >= 4 is 17.7 Å². The van der Waals surface area contributed by atoms with Crippen LogP contribution >= 0.6 is 0 Å². The second-order valence-electron chi connectivity index (χ2n) is 8.10. The fourth-order valence-corrected chi connectivity index (χ4v) is 4.10. The lowest BCUT2D eigenvalue weighted by atomic mass is 10.1. The van der Waals surface area contributed by atoms with Crippen molar-refractivity contribution in [3.8, 4) is 5.75 Å². The van der Waals surface area contributed by atoms with Crippen molar-refractivity contribution in [2.45, 2.75) is 39.2 Å². The number of hydrogen-bond acceptors (Lipinski definition) is 6. The molecular weight excluding hydrogens is 378 g/mol. The lowest BCUT2D eigenvalue weighted by Crippen LogP contribution is -2.52. The van der Waals surface area contributed by atoms with Gasteiger partial charge in [-0.1, -0.05) is 18.2 Å². The first-order chi connectivity index (χ1) is 14.6. The second-order valence-corrected chi connectivity index (χ2v) is 8.10. The molecule has 0 saturated carbocycles. The number of amides is 1. The third kappa shape index (κ3) is 4.83. The summed E-state index contributed by atoms with van der Waals surface area (Å²) in [6, 6.07) is 11.6. The number of aryl methyl sites for hydroxylation is 1. The first-order valence-corrected chi connectivity index (χ1v) is 11.0. The SMILES string of the molecule is Cc1cc(N2CCCCC2)nc(N2CCN(C(=O)C(C)Oc3ccccc3)CC2)n1. The fourth-order valence-electron chi connectivity index (χ4n) is 4.10. The van der Waals surface area contributed by atoms with E-state index in [2.05, 4.69) is 20.9 Å². The van der Waals surface area contributed by atoms with E-state index in [9.17, 15) is 4.79 Å². The van der Waals surface area contributed by atoms with Gasteiger partial charge in [0, 0.05) is 51.0 Å². The molecule has 1 amide bonds. The van der Waals surface area contributed by atoms with Crippen LogP contribution in [0.3, 0.4) is 0 Å². The summed E-state index contributed by atoms with van der Waals surface area (Å²) in [4.78, 5) is 28.8. The Morgan fingerprint density at radius 3 is 2.33 bits per heavy atom. The average molecular weight is 410 g/mol. The van der Waals surface area contributed by atoms with E-state index in [0.29, 0.717) is 13.1 Å². The highest BCUT2D eigenvalue weighted by atomic mass is 16.5. The Labute approximate surface area is 178 Å². The summed E-state index contributed by atoms with van der Waals surface area (Å²) in [5, 5.41) is 0. The topological polar surface area (TPSA) is 61.8 Å². The zero-order chi connectivity index (χ0) is 20.9. The van der Waals surface area contributed by atoms with Gasteiger partial charge in [-0.2, -0.15) is 4.98 Å². The molecule has 0 N–H and O–H groups in total. The van der Waals surface area contributed by atoms with Crippen molar-refractivity contribution < 1.29 is 9.53 Å². The number of carbonyl (C=O) groups is 1. The van der Waals surface area contributed by atoms with Gasteiger partial charge in [0.2, 0.25) is 5.95 Å². The summed E-state index contributed by atoms with van der Waals surface area (Å²) in [6.45, 7) is 8.74. The van der Waals surface area contributed by atoms with Crippen molar-refractivity contribution in [1.29, 1.82) is 0 Å². The Bertz CT molecular complexity index is 846. The lowest BCUT2D eigenvalue weighted by Gasteiger charge is -2.36. The number of anilines is 2. The van der Waals surface area contributed by atoms with E-state index >= 15 is 0 Å². The Balaban J connectivity index is 1.36. The van der Waals surface area contributed by atoms with Gasteiger partial charge in [0.1, 0.15) is 11.6 Å². The summed E-state index contributed by atoms with van der Waals surface area (Å²) < 4.78 is 5.80. The lowest BCUT2D eigenvalue weighted by molar-refractivity contribution is -0.138. The van der Waals surface area contributed by atoms with Crippen molar-refractivity contribution in [2.24, 2.45) is 0 Å². The molecule has 1 unspecified atom stereocenters. The molecular formula is C23H31N5O2. The van der Waals surface area contributed by atoms with E-state index in [1.807, 2.05) is 49.1 Å². The highest BCUT2D eigenvalue weighted by Gasteiger charge is 2.27. The maximum atomic E-state index is 12.8. The minimum Gasteiger partial charge on any atom is -0.481 e. The van der Waals surface area contributed by atoms with Crippen LogP contribution < -0.4 is 14.5 Å². The Kier molecular flexibility index (Phi) is 6.35. The van der Waals surface area contributed by atoms with E-state index in [-0.39, 0.29) is 5.91 Å². The molecule has 4 rings (SSSR count). The van der Waals surface area contributed by atoms with E-state index in [0.717, 1.165) is 49.4 Å². The predicted octanol–water partition coefficient (Wildman–Crippen LogP) is 2.89. The second kappa shape index (κ2) is 9.32. The van der Waals surface area contributed by atoms with Crippen LogP contribution in [0.4, 0.5) is 11.8 Å². The van der Waals surface area contributed by atoms with E-state index in [1.54, 1.807) is 0 Å². The molecule has 3 heterocycles. The number of benzene rings is 1. The molecule has 7 heteroatoms. The summed E-state index contributed by atoms with van der Waals surface area (Å²) in [6.07, 6.45) is 3.25. The van der Waals surface area contributed by atoms with Crippen LogP contribution in [0.1, 0.15) is 31.9 Å². The van der Waals surface area contributed by atoms with Gasteiger partial charge in [0.15, 0.2) is 6.10 Å². The molecule has 0 spiro atoms. The summed E-state index contributed by atoms with van der Waals surface area (Å²) >= 11 is 0. The zero-order valence-electron chi connectivity index (χ0n) is 18.0. The van der Waals surface area contributed by atoms with Gasteiger partial charge in [-0.05, 0) is 45.2 Å². The number of nitrogens with zero attached hydrogens (tertiary/aromatic N) is 5. The number of para-hydroxylation sites is 1. The van der Waals surface area contributed by atoms with Crippen molar-refractivity contribution in [2.75, 3.05) is 49.1 Å². The number of aromatic nitrogens is 2. The van der Waals surface area contributed by atoms with Crippen LogP contribution in [-0.2, 0) is 4.79 Å². The first-order valence-electron chi connectivity index (χ1n) is 11.0. The predicted molar refractivity (Wildman–Crippen MR) is 118 cm³/mol. The largest absolute Gasteiger partial charge is 0.481 e. The normalized spacial score (nSPS) is 18.3. The van der Waals surface area contributed by atoms with Crippen molar-refractivity contribution in [3.05, 3.63) is 42.1 Å². The summed E-state index contributed by atoms with van der Waals surface area (Å²) in [7, 11) is 0. The molecule has 2 aliphatic heterocycles. The third-order valence-corrected chi connectivity index (χ3v) is 5.79. The average Bonchev–Trinajstić information content (AvgIpc) is 2.79. The molecule has 2 aliphatic rings. The monoisotopic (exact) mass is 409 g/mol. The molecule has 1 aromatic heterocycles. The van der Waals surface area contributed by atoms with Gasteiger partial charge in [-0.3, -0.25) is 4.79 Å². The fraction of sp³-hybridized carbons (Fsp3) is 0.522. The molecule has 1 aromatic carbocycles. The quantitative estimate of drug-likeness (QED) is 0.757. The Morgan fingerprint density at radius 1 is 0.933 bits per heavy atom. The number of piperidine rings is 1. The van der Waals surface area contributed by atoms with Gasteiger partial charge in [-0.15, -0.1) is 0 Å². The first kappa shape index (κ1) is 20.4. The van der Waals surface area contributed by atoms with Gasteiger partial charge in [0.25, 0.3) is 5.91 Å². The van der Waals surface area contributed by atoms with Crippen LogP contribution in [0.2, 0.25) is 0 Å². The zero-order valence-corrected chi connectivity index (χ0v) is 18.0. The molecule has 0 radical (unpaired) electrons. The number of hydrogen-bond donors (Lipinski definition) is 0. The number of ether oxygens (including phenoxy) is 1. The molecule has 7 nitrogen and oxygen atoms in total. The van der Waals surface area contributed by atoms with Gasteiger partial charge < -0.3 is 19.4 Å². The summed E-state index contributed by atoms with van der Waals surface area (Å²) in [5.41, 5.74) is 0.990. The van der Waals surface area contributed by atoms with Crippen LogP contribution in [0.15, 0.2) is 36.4 Å². The minimum absolute atomic E-state index is 0.0256. The Hall–Kier alpha value is -2.83. The number of carbonyl (C=O) groups excluding carboxylic acids is 1. The maximum Gasteiger partial charge on any atom is 0.263 e. The molecule has 2 fully saturated rings. The molecule has 1 atom stereocenters. The van der Waals surface area contributed by atoms with E-state index in [1.165, 1.54) is 19.3 Å². The summed E-state index contributed by atoms with van der Waals surface area (Å²) in [5.74, 6) is 2.55.